The quantitative estimate of drug-likeness (QED) is 0.537. The van der Waals surface area contributed by atoms with Crippen LogP contribution in [0.4, 0.5) is 27.9 Å². The molecule has 2 heterocycles. The molecule has 1 aromatic carbocycles. The third-order valence-electron chi connectivity index (χ3n) is 6.39. The second-order valence-electron chi connectivity index (χ2n) is 8.72. The molecule has 2 aromatic rings. The fourth-order valence-electron chi connectivity index (χ4n) is 4.42. The second kappa shape index (κ2) is 10.8. The van der Waals surface area contributed by atoms with Crippen molar-refractivity contribution in [2.75, 3.05) is 49.3 Å². The maximum Gasteiger partial charge on any atom is 0.236 e. The summed E-state index contributed by atoms with van der Waals surface area (Å²) in [5, 5.41) is 10.3. The smallest absolute Gasteiger partial charge is 0.236 e. The second-order valence-corrected chi connectivity index (χ2v) is 8.72. The van der Waals surface area contributed by atoms with Crippen molar-refractivity contribution in [3.63, 3.8) is 0 Å². The predicted octanol–water partition coefficient (Wildman–Crippen LogP) is 3.94. The number of hydrogen-bond acceptors (Lipinski definition) is 8. The average molecular weight is 444 g/mol. The molecule has 2 fully saturated rings. The van der Waals surface area contributed by atoms with Gasteiger partial charge in [-0.25, -0.2) is 4.39 Å². The Balaban J connectivity index is 1.52. The lowest BCUT2D eigenvalue weighted by atomic mass is 9.89. The van der Waals surface area contributed by atoms with Crippen molar-refractivity contribution in [1.82, 2.24) is 20.3 Å². The van der Waals surface area contributed by atoms with E-state index in [2.05, 4.69) is 30.9 Å². The highest BCUT2D eigenvalue weighted by Crippen LogP contribution is 2.28. The molecule has 0 bridgehead atoms. The number of benzene rings is 1. The van der Waals surface area contributed by atoms with E-state index in [1.165, 1.54) is 51.7 Å². The Morgan fingerprint density at radius 1 is 1.03 bits per heavy atom. The molecule has 0 amide bonds. The average Bonchev–Trinajstić information content (AvgIpc) is 3.35. The standard InChI is InChI=1S/C23H34FN7O/c1-31(18-10-11-20(32-2)19(24)13-18)23-29-21(26-14-16-7-4-3-5-8-16)28-22(30-23)27-15-17-9-6-12-25-17/h10-11,13,16-17,25H,3-9,12,14-15H2,1-2H3,(H2,26,27,28,29,30). The Hall–Kier alpha value is -2.68. The van der Waals surface area contributed by atoms with Gasteiger partial charge in [0.1, 0.15) is 0 Å². The number of ether oxygens (including phenoxy) is 1. The van der Waals surface area contributed by atoms with Crippen LogP contribution in [-0.4, -0.2) is 54.8 Å². The summed E-state index contributed by atoms with van der Waals surface area (Å²) in [5.41, 5.74) is 0.635. The van der Waals surface area contributed by atoms with Crippen LogP contribution in [0.2, 0.25) is 0 Å². The zero-order chi connectivity index (χ0) is 22.3. The van der Waals surface area contributed by atoms with Crippen LogP contribution in [0.5, 0.6) is 5.75 Å². The van der Waals surface area contributed by atoms with Crippen molar-refractivity contribution in [1.29, 1.82) is 0 Å². The molecule has 1 aliphatic heterocycles. The van der Waals surface area contributed by atoms with E-state index in [0.29, 0.717) is 35.5 Å². The molecular formula is C23H34FN7O. The lowest BCUT2D eigenvalue weighted by Crippen LogP contribution is -2.30. The first-order valence-corrected chi connectivity index (χ1v) is 11.7. The van der Waals surface area contributed by atoms with E-state index in [4.69, 9.17) is 4.74 Å². The molecule has 0 radical (unpaired) electrons. The fourth-order valence-corrected chi connectivity index (χ4v) is 4.42. The maximum absolute atomic E-state index is 14.3. The Labute approximate surface area is 189 Å². The fraction of sp³-hybridized carbons (Fsp3) is 0.609. The summed E-state index contributed by atoms with van der Waals surface area (Å²) >= 11 is 0. The molecule has 174 valence electrons. The lowest BCUT2D eigenvalue weighted by molar-refractivity contribution is 0.373. The van der Waals surface area contributed by atoms with Gasteiger partial charge in [0.25, 0.3) is 0 Å². The van der Waals surface area contributed by atoms with Gasteiger partial charge in [0.15, 0.2) is 11.6 Å². The van der Waals surface area contributed by atoms with Crippen LogP contribution < -0.4 is 25.6 Å². The molecule has 1 aromatic heterocycles. The van der Waals surface area contributed by atoms with Gasteiger partial charge < -0.3 is 25.6 Å². The largest absolute Gasteiger partial charge is 0.494 e. The van der Waals surface area contributed by atoms with Gasteiger partial charge in [0.2, 0.25) is 17.8 Å². The minimum Gasteiger partial charge on any atom is -0.494 e. The lowest BCUT2D eigenvalue weighted by Gasteiger charge is -2.23. The number of nitrogens with zero attached hydrogens (tertiary/aromatic N) is 4. The van der Waals surface area contributed by atoms with Crippen LogP contribution in [0.3, 0.4) is 0 Å². The van der Waals surface area contributed by atoms with E-state index >= 15 is 0 Å². The predicted molar refractivity (Wildman–Crippen MR) is 125 cm³/mol. The van der Waals surface area contributed by atoms with E-state index in [1.54, 1.807) is 17.0 Å². The molecule has 1 saturated heterocycles. The summed E-state index contributed by atoms with van der Waals surface area (Å²) in [5.74, 6) is 1.96. The van der Waals surface area contributed by atoms with Crippen LogP contribution in [0.1, 0.15) is 44.9 Å². The van der Waals surface area contributed by atoms with Gasteiger partial charge in [0, 0.05) is 37.9 Å². The van der Waals surface area contributed by atoms with Crippen molar-refractivity contribution in [3.05, 3.63) is 24.0 Å². The van der Waals surface area contributed by atoms with Crippen LogP contribution in [-0.2, 0) is 0 Å². The first-order valence-electron chi connectivity index (χ1n) is 11.7. The van der Waals surface area contributed by atoms with Gasteiger partial charge in [-0.2, -0.15) is 15.0 Å². The number of halogens is 1. The van der Waals surface area contributed by atoms with Crippen molar-refractivity contribution in [2.45, 2.75) is 51.0 Å². The summed E-state index contributed by atoms with van der Waals surface area (Å²) < 4.78 is 19.3. The molecule has 1 aliphatic carbocycles. The summed E-state index contributed by atoms with van der Waals surface area (Å²) in [6.07, 6.45) is 8.74. The number of methoxy groups -OCH3 is 1. The highest BCUT2D eigenvalue weighted by atomic mass is 19.1. The highest BCUT2D eigenvalue weighted by Gasteiger charge is 2.18. The normalized spacial score (nSPS) is 19.0. The van der Waals surface area contributed by atoms with Gasteiger partial charge >= 0.3 is 0 Å². The van der Waals surface area contributed by atoms with Crippen LogP contribution in [0.25, 0.3) is 0 Å². The third-order valence-corrected chi connectivity index (χ3v) is 6.39. The van der Waals surface area contributed by atoms with Crippen molar-refractivity contribution in [2.24, 2.45) is 5.92 Å². The van der Waals surface area contributed by atoms with E-state index in [1.807, 2.05) is 7.05 Å². The Morgan fingerprint density at radius 3 is 2.44 bits per heavy atom. The Morgan fingerprint density at radius 2 is 1.78 bits per heavy atom. The zero-order valence-corrected chi connectivity index (χ0v) is 19.0. The first kappa shape index (κ1) is 22.5. The van der Waals surface area contributed by atoms with E-state index in [0.717, 1.165) is 26.1 Å². The molecule has 1 unspecified atom stereocenters. The first-order chi connectivity index (χ1) is 15.6. The molecule has 8 nitrogen and oxygen atoms in total. The monoisotopic (exact) mass is 443 g/mol. The molecule has 1 saturated carbocycles. The summed E-state index contributed by atoms with van der Waals surface area (Å²) in [4.78, 5) is 15.6. The number of nitrogens with one attached hydrogen (secondary N) is 3. The summed E-state index contributed by atoms with van der Waals surface area (Å²) in [6.45, 7) is 2.66. The van der Waals surface area contributed by atoms with Gasteiger partial charge in [-0.1, -0.05) is 19.3 Å². The SMILES string of the molecule is COc1ccc(N(C)c2nc(NCC3CCCCC3)nc(NCC3CCCN3)n2)cc1F. The van der Waals surface area contributed by atoms with E-state index in [9.17, 15) is 4.39 Å². The van der Waals surface area contributed by atoms with E-state index in [-0.39, 0.29) is 5.75 Å². The third kappa shape index (κ3) is 5.76. The zero-order valence-electron chi connectivity index (χ0n) is 19.0. The number of aromatic nitrogens is 3. The van der Waals surface area contributed by atoms with E-state index < -0.39 is 5.82 Å². The van der Waals surface area contributed by atoms with Crippen LogP contribution >= 0.6 is 0 Å². The topological polar surface area (TPSA) is 87.2 Å². The minimum atomic E-state index is -0.424. The minimum absolute atomic E-state index is 0.207. The molecule has 2 aliphatic rings. The van der Waals surface area contributed by atoms with Gasteiger partial charge in [-0.3, -0.25) is 0 Å². The highest BCUT2D eigenvalue weighted by molar-refractivity contribution is 5.59. The van der Waals surface area contributed by atoms with Gasteiger partial charge in [-0.15, -0.1) is 0 Å². The molecular weight excluding hydrogens is 409 g/mol. The summed E-state index contributed by atoms with van der Waals surface area (Å²) in [6, 6.07) is 5.24. The van der Waals surface area contributed by atoms with Crippen LogP contribution in [0.15, 0.2) is 18.2 Å². The maximum atomic E-state index is 14.3. The van der Waals surface area contributed by atoms with Crippen molar-refractivity contribution >= 4 is 23.5 Å². The van der Waals surface area contributed by atoms with Crippen molar-refractivity contribution in [3.8, 4) is 5.75 Å². The Bertz CT molecular complexity index is 885. The van der Waals surface area contributed by atoms with Gasteiger partial charge in [-0.05, 0) is 50.3 Å². The molecule has 4 rings (SSSR count). The molecule has 9 heteroatoms. The molecule has 1 atom stereocenters. The molecule has 32 heavy (non-hydrogen) atoms. The number of anilines is 4. The number of hydrogen-bond donors (Lipinski definition) is 3. The van der Waals surface area contributed by atoms with Crippen molar-refractivity contribution < 1.29 is 9.13 Å². The van der Waals surface area contributed by atoms with Gasteiger partial charge in [0.05, 0.1) is 7.11 Å². The van der Waals surface area contributed by atoms with Crippen LogP contribution in [0, 0.1) is 11.7 Å². The Kier molecular flexibility index (Phi) is 7.57. The number of rotatable bonds is 9. The molecule has 3 N–H and O–H groups in total. The molecule has 0 spiro atoms. The summed E-state index contributed by atoms with van der Waals surface area (Å²) in [7, 11) is 3.28.